The Morgan fingerprint density at radius 3 is 3.00 bits per heavy atom. The molecule has 0 radical (unpaired) electrons. The van der Waals surface area contributed by atoms with Crippen molar-refractivity contribution >= 4 is 22.4 Å². The first-order valence-electron chi connectivity index (χ1n) is 6.22. The summed E-state index contributed by atoms with van der Waals surface area (Å²) in [5, 5.41) is 12.2. The van der Waals surface area contributed by atoms with Gasteiger partial charge < -0.3 is 16.0 Å². The van der Waals surface area contributed by atoms with Gasteiger partial charge in [-0.2, -0.15) is 5.26 Å². The number of aromatic nitrogens is 2. The zero-order valence-electron chi connectivity index (χ0n) is 10.7. The van der Waals surface area contributed by atoms with Gasteiger partial charge in [0.15, 0.2) is 0 Å². The molecule has 4 N–H and O–H groups in total. The number of nitrogens with two attached hydrogens (primary N) is 1. The maximum absolute atomic E-state index is 8.90. The Morgan fingerprint density at radius 2 is 2.15 bits per heavy atom. The van der Waals surface area contributed by atoms with Gasteiger partial charge in [-0.1, -0.05) is 6.07 Å². The molecule has 0 atom stereocenters. The number of imidazole rings is 1. The van der Waals surface area contributed by atoms with Crippen molar-refractivity contribution in [3.05, 3.63) is 53.9 Å². The monoisotopic (exact) mass is 263 g/mol. The molecule has 0 aliphatic carbocycles. The van der Waals surface area contributed by atoms with Crippen LogP contribution in [0, 0.1) is 11.3 Å². The van der Waals surface area contributed by atoms with E-state index in [-0.39, 0.29) is 0 Å². The molecule has 0 bridgehead atoms. The Kier molecular flexibility index (Phi) is 2.98. The second-order valence-corrected chi connectivity index (χ2v) is 4.52. The van der Waals surface area contributed by atoms with Crippen LogP contribution in [0.5, 0.6) is 0 Å². The molecule has 0 saturated carbocycles. The standard InChI is InChI=1S/C15H13N5/c16-7-10-1-3-12(17)14(5-10)18-8-11-2-4-13-15(6-11)20-9-19-13/h1-6,9,18H,8,17H2,(H,19,20). The molecule has 0 aliphatic rings. The number of hydrogen-bond donors (Lipinski definition) is 3. The molecule has 1 aromatic heterocycles. The molecule has 0 saturated heterocycles. The summed E-state index contributed by atoms with van der Waals surface area (Å²) in [6.07, 6.45) is 1.68. The van der Waals surface area contributed by atoms with E-state index in [1.807, 2.05) is 18.2 Å². The maximum atomic E-state index is 8.90. The van der Waals surface area contributed by atoms with Crippen molar-refractivity contribution in [3.63, 3.8) is 0 Å². The maximum Gasteiger partial charge on any atom is 0.0992 e. The zero-order valence-corrected chi connectivity index (χ0v) is 10.7. The minimum Gasteiger partial charge on any atom is -0.397 e. The summed E-state index contributed by atoms with van der Waals surface area (Å²) >= 11 is 0. The van der Waals surface area contributed by atoms with E-state index in [9.17, 15) is 0 Å². The molecule has 3 rings (SSSR count). The van der Waals surface area contributed by atoms with Gasteiger partial charge in [0.25, 0.3) is 0 Å². The fraction of sp³-hybridized carbons (Fsp3) is 0.0667. The average Bonchev–Trinajstić information content (AvgIpc) is 2.94. The summed E-state index contributed by atoms with van der Waals surface area (Å²) in [6.45, 7) is 0.633. The van der Waals surface area contributed by atoms with E-state index >= 15 is 0 Å². The predicted molar refractivity (Wildman–Crippen MR) is 79.0 cm³/mol. The SMILES string of the molecule is N#Cc1ccc(N)c(NCc2ccc3nc[nH]c3c2)c1. The highest BCUT2D eigenvalue weighted by Gasteiger charge is 2.02. The summed E-state index contributed by atoms with van der Waals surface area (Å²) in [7, 11) is 0. The third kappa shape index (κ3) is 2.27. The van der Waals surface area contributed by atoms with Crippen molar-refractivity contribution in [1.82, 2.24) is 9.97 Å². The smallest absolute Gasteiger partial charge is 0.0992 e. The lowest BCUT2D eigenvalue weighted by molar-refractivity contribution is 1.15. The lowest BCUT2D eigenvalue weighted by Crippen LogP contribution is -2.02. The summed E-state index contributed by atoms with van der Waals surface area (Å²) in [5.74, 6) is 0. The molecule has 5 nitrogen and oxygen atoms in total. The van der Waals surface area contributed by atoms with Crippen molar-refractivity contribution in [2.75, 3.05) is 11.1 Å². The molecule has 5 heteroatoms. The number of benzene rings is 2. The molecule has 3 aromatic rings. The van der Waals surface area contributed by atoms with Crippen LogP contribution >= 0.6 is 0 Å². The average molecular weight is 263 g/mol. The van der Waals surface area contributed by atoms with E-state index in [1.54, 1.807) is 24.5 Å². The third-order valence-electron chi connectivity index (χ3n) is 3.15. The number of nitrogen functional groups attached to an aromatic ring is 1. The number of nitrogens with zero attached hydrogens (tertiary/aromatic N) is 2. The highest BCUT2D eigenvalue weighted by atomic mass is 14.9. The topological polar surface area (TPSA) is 90.5 Å². The number of hydrogen-bond acceptors (Lipinski definition) is 4. The molecular formula is C15H13N5. The predicted octanol–water partition coefficient (Wildman–Crippen LogP) is 2.63. The van der Waals surface area contributed by atoms with Crippen molar-refractivity contribution in [1.29, 1.82) is 5.26 Å². The Morgan fingerprint density at radius 1 is 1.25 bits per heavy atom. The molecule has 0 unspecified atom stereocenters. The summed E-state index contributed by atoms with van der Waals surface area (Å²) in [6, 6.07) is 13.3. The number of H-pyrrole nitrogens is 1. The van der Waals surface area contributed by atoms with Gasteiger partial charge in [0.05, 0.1) is 40.4 Å². The van der Waals surface area contributed by atoms with Gasteiger partial charge in [0.1, 0.15) is 0 Å². The molecular weight excluding hydrogens is 250 g/mol. The Bertz CT molecular complexity index is 797. The lowest BCUT2D eigenvalue weighted by atomic mass is 10.1. The van der Waals surface area contributed by atoms with Crippen molar-refractivity contribution in [3.8, 4) is 6.07 Å². The van der Waals surface area contributed by atoms with Crippen molar-refractivity contribution in [2.45, 2.75) is 6.54 Å². The van der Waals surface area contributed by atoms with E-state index in [4.69, 9.17) is 11.0 Å². The first-order chi connectivity index (χ1) is 9.76. The number of rotatable bonds is 3. The second kappa shape index (κ2) is 4.94. The molecule has 0 aliphatic heterocycles. The molecule has 0 spiro atoms. The molecule has 20 heavy (non-hydrogen) atoms. The van der Waals surface area contributed by atoms with E-state index in [2.05, 4.69) is 21.4 Å². The van der Waals surface area contributed by atoms with E-state index in [0.29, 0.717) is 17.8 Å². The quantitative estimate of drug-likeness (QED) is 0.633. The van der Waals surface area contributed by atoms with Crippen LogP contribution < -0.4 is 11.1 Å². The number of fused-ring (bicyclic) bond motifs is 1. The number of anilines is 2. The van der Waals surface area contributed by atoms with Crippen LogP contribution in [0.4, 0.5) is 11.4 Å². The number of nitrogens with one attached hydrogen (secondary N) is 2. The van der Waals surface area contributed by atoms with Gasteiger partial charge in [-0.15, -0.1) is 0 Å². The van der Waals surface area contributed by atoms with E-state index < -0.39 is 0 Å². The third-order valence-corrected chi connectivity index (χ3v) is 3.15. The normalized spacial score (nSPS) is 10.3. The van der Waals surface area contributed by atoms with E-state index in [0.717, 1.165) is 22.3 Å². The van der Waals surface area contributed by atoms with E-state index in [1.165, 1.54) is 0 Å². The van der Waals surface area contributed by atoms with Gasteiger partial charge >= 0.3 is 0 Å². The van der Waals surface area contributed by atoms with Crippen LogP contribution in [0.15, 0.2) is 42.7 Å². The Hall–Kier alpha value is -3.00. The van der Waals surface area contributed by atoms with Gasteiger partial charge in [-0.05, 0) is 35.9 Å². The van der Waals surface area contributed by atoms with Gasteiger partial charge in [-0.3, -0.25) is 0 Å². The van der Waals surface area contributed by atoms with Crippen molar-refractivity contribution in [2.24, 2.45) is 0 Å². The minimum atomic E-state index is 0.589. The minimum absolute atomic E-state index is 0.589. The van der Waals surface area contributed by atoms with Crippen LogP contribution in [-0.2, 0) is 6.54 Å². The largest absolute Gasteiger partial charge is 0.397 e. The highest BCUT2D eigenvalue weighted by Crippen LogP contribution is 2.21. The van der Waals surface area contributed by atoms with Crippen molar-refractivity contribution < 1.29 is 0 Å². The van der Waals surface area contributed by atoms with Crippen LogP contribution in [0.3, 0.4) is 0 Å². The Balaban J connectivity index is 1.80. The first kappa shape index (κ1) is 12.1. The van der Waals surface area contributed by atoms with Crippen LogP contribution in [-0.4, -0.2) is 9.97 Å². The number of nitriles is 1. The van der Waals surface area contributed by atoms with Crippen LogP contribution in [0.2, 0.25) is 0 Å². The lowest BCUT2D eigenvalue weighted by Gasteiger charge is -2.09. The molecule has 1 heterocycles. The van der Waals surface area contributed by atoms with Gasteiger partial charge in [0, 0.05) is 6.54 Å². The molecule has 98 valence electrons. The highest BCUT2D eigenvalue weighted by molar-refractivity contribution is 5.75. The van der Waals surface area contributed by atoms with Crippen LogP contribution in [0.25, 0.3) is 11.0 Å². The Labute approximate surface area is 116 Å². The molecule has 2 aromatic carbocycles. The van der Waals surface area contributed by atoms with Crippen LogP contribution in [0.1, 0.15) is 11.1 Å². The fourth-order valence-electron chi connectivity index (χ4n) is 2.07. The summed E-state index contributed by atoms with van der Waals surface area (Å²) in [5.41, 5.74) is 10.9. The summed E-state index contributed by atoms with van der Waals surface area (Å²) < 4.78 is 0. The second-order valence-electron chi connectivity index (χ2n) is 4.52. The molecule has 0 fully saturated rings. The fourth-order valence-corrected chi connectivity index (χ4v) is 2.07. The summed E-state index contributed by atoms with van der Waals surface area (Å²) in [4.78, 5) is 7.26. The number of aromatic amines is 1. The van der Waals surface area contributed by atoms with Gasteiger partial charge in [-0.25, -0.2) is 4.98 Å². The molecule has 0 amide bonds. The first-order valence-corrected chi connectivity index (χ1v) is 6.22. The van der Waals surface area contributed by atoms with Gasteiger partial charge in [0.2, 0.25) is 0 Å². The zero-order chi connectivity index (χ0) is 13.9.